The number of carbonyl (C=O) groups is 1. The van der Waals surface area contributed by atoms with E-state index in [9.17, 15) is 4.79 Å². The second-order valence-corrected chi connectivity index (χ2v) is 3.35. The lowest BCUT2D eigenvalue weighted by molar-refractivity contribution is 0.260. The van der Waals surface area contributed by atoms with Crippen LogP contribution in [-0.2, 0) is 0 Å². The van der Waals surface area contributed by atoms with Gasteiger partial charge in [0.05, 0.1) is 0 Å². The summed E-state index contributed by atoms with van der Waals surface area (Å²) in [5, 5.41) is 2.84. The molecule has 11 heavy (non-hydrogen) atoms. The molecule has 0 aliphatic carbocycles. The van der Waals surface area contributed by atoms with Crippen LogP contribution in [0.5, 0.6) is 0 Å². The lowest BCUT2D eigenvalue weighted by Gasteiger charge is -2.08. The number of thioether (sulfide) groups is 1. The van der Waals surface area contributed by atoms with Crippen molar-refractivity contribution in [1.29, 1.82) is 0 Å². The first-order valence-electron chi connectivity index (χ1n) is 3.63. The van der Waals surface area contributed by atoms with Crippen LogP contribution in [0.2, 0.25) is 0 Å². The van der Waals surface area contributed by atoms with E-state index in [1.807, 2.05) is 14.1 Å². The Hall–Kier alpha value is -0.220. The van der Waals surface area contributed by atoms with Crippen molar-refractivity contribution in [1.82, 2.24) is 10.2 Å². The molecule has 0 rings (SSSR count). The van der Waals surface area contributed by atoms with Gasteiger partial charge >= 0.3 is 0 Å². The van der Waals surface area contributed by atoms with Gasteiger partial charge in [-0.3, -0.25) is 4.79 Å². The molecule has 0 aromatic heterocycles. The molecule has 0 spiro atoms. The summed E-state index contributed by atoms with van der Waals surface area (Å²) in [7, 11) is 4.05. The summed E-state index contributed by atoms with van der Waals surface area (Å²) < 4.78 is 0. The normalized spacial score (nSPS) is 10.2. The first kappa shape index (κ1) is 10.8. The third-order valence-corrected chi connectivity index (χ3v) is 1.75. The van der Waals surface area contributed by atoms with Crippen molar-refractivity contribution in [3.05, 3.63) is 0 Å². The van der Waals surface area contributed by atoms with Gasteiger partial charge in [-0.25, -0.2) is 0 Å². The lowest BCUT2D eigenvalue weighted by atomic mass is 10.4. The van der Waals surface area contributed by atoms with Gasteiger partial charge in [-0.1, -0.05) is 11.8 Å². The van der Waals surface area contributed by atoms with Crippen molar-refractivity contribution in [2.45, 2.75) is 6.42 Å². The molecule has 0 fully saturated rings. The van der Waals surface area contributed by atoms with Crippen LogP contribution in [0, 0.1) is 0 Å². The minimum Gasteiger partial charge on any atom is -0.347 e. The topological polar surface area (TPSA) is 32.3 Å². The van der Waals surface area contributed by atoms with Gasteiger partial charge in [0, 0.05) is 6.54 Å². The Morgan fingerprint density at radius 2 is 2.18 bits per heavy atom. The summed E-state index contributed by atoms with van der Waals surface area (Å²) in [5.41, 5.74) is 0. The summed E-state index contributed by atoms with van der Waals surface area (Å²) in [6, 6.07) is 0. The van der Waals surface area contributed by atoms with Gasteiger partial charge in [0.2, 0.25) is 0 Å². The van der Waals surface area contributed by atoms with Crippen molar-refractivity contribution in [2.75, 3.05) is 33.4 Å². The molecule has 0 saturated heterocycles. The van der Waals surface area contributed by atoms with Gasteiger partial charge in [-0.15, -0.1) is 0 Å². The fourth-order valence-corrected chi connectivity index (χ4v) is 0.904. The Labute approximate surface area is 72.5 Å². The van der Waals surface area contributed by atoms with Crippen LogP contribution in [0.1, 0.15) is 6.42 Å². The third-order valence-electron chi connectivity index (χ3n) is 1.24. The SMILES string of the molecule is CSC(=O)NCCCN(C)C. The quantitative estimate of drug-likeness (QED) is 0.649. The molecule has 66 valence electrons. The summed E-state index contributed by atoms with van der Waals surface area (Å²) in [6.07, 6.45) is 2.79. The average molecular weight is 176 g/mol. The molecule has 1 amide bonds. The molecule has 1 N–H and O–H groups in total. The second-order valence-electron chi connectivity index (χ2n) is 2.58. The number of hydrogen-bond acceptors (Lipinski definition) is 3. The fourth-order valence-electron chi connectivity index (χ4n) is 0.658. The van der Waals surface area contributed by atoms with E-state index in [0.717, 1.165) is 19.5 Å². The van der Waals surface area contributed by atoms with Gasteiger partial charge in [-0.2, -0.15) is 0 Å². The number of amides is 1. The Bertz CT molecular complexity index is 117. The molecular formula is C7H16N2OS. The minimum atomic E-state index is 0.0590. The number of hydrogen-bond donors (Lipinski definition) is 1. The van der Waals surface area contributed by atoms with Gasteiger partial charge in [-0.05, 0) is 33.3 Å². The van der Waals surface area contributed by atoms with Crippen LogP contribution in [0.15, 0.2) is 0 Å². The zero-order chi connectivity index (χ0) is 8.69. The first-order valence-corrected chi connectivity index (χ1v) is 4.86. The number of carbonyl (C=O) groups excluding carboxylic acids is 1. The smallest absolute Gasteiger partial charge is 0.278 e. The van der Waals surface area contributed by atoms with Crippen molar-refractivity contribution < 1.29 is 4.79 Å². The molecule has 3 nitrogen and oxygen atoms in total. The molecule has 0 bridgehead atoms. The number of nitrogens with one attached hydrogen (secondary N) is 1. The van der Waals surface area contributed by atoms with E-state index in [4.69, 9.17) is 0 Å². The van der Waals surface area contributed by atoms with Crippen molar-refractivity contribution >= 4 is 17.0 Å². The Morgan fingerprint density at radius 3 is 2.64 bits per heavy atom. The predicted molar refractivity (Wildman–Crippen MR) is 50.1 cm³/mol. The molecule has 0 aliphatic heterocycles. The highest BCUT2D eigenvalue weighted by Crippen LogP contribution is 1.92. The largest absolute Gasteiger partial charge is 0.347 e. The summed E-state index contributed by atoms with van der Waals surface area (Å²) in [6.45, 7) is 1.80. The number of nitrogens with zero attached hydrogens (tertiary/aromatic N) is 1. The van der Waals surface area contributed by atoms with Gasteiger partial charge < -0.3 is 10.2 Å². The van der Waals surface area contributed by atoms with Crippen molar-refractivity contribution in [3.8, 4) is 0 Å². The molecule has 0 saturated carbocycles. The summed E-state index contributed by atoms with van der Waals surface area (Å²) in [4.78, 5) is 12.8. The third kappa shape index (κ3) is 7.68. The van der Waals surface area contributed by atoms with Crippen LogP contribution < -0.4 is 5.32 Å². The Balaban J connectivity index is 3.08. The molecule has 0 aromatic rings. The molecule has 0 atom stereocenters. The molecule has 0 aliphatic rings. The van der Waals surface area contributed by atoms with Crippen LogP contribution in [-0.4, -0.2) is 43.6 Å². The maximum Gasteiger partial charge on any atom is 0.278 e. The number of rotatable bonds is 4. The van der Waals surface area contributed by atoms with Gasteiger partial charge in [0.25, 0.3) is 5.24 Å². The van der Waals surface area contributed by atoms with E-state index in [2.05, 4.69) is 10.2 Å². The fraction of sp³-hybridized carbons (Fsp3) is 0.857. The highest BCUT2D eigenvalue weighted by Gasteiger charge is 1.95. The highest BCUT2D eigenvalue weighted by molar-refractivity contribution is 8.12. The zero-order valence-electron chi connectivity index (χ0n) is 7.39. The molecule has 0 unspecified atom stereocenters. The first-order chi connectivity index (χ1) is 5.16. The van der Waals surface area contributed by atoms with E-state index in [1.54, 1.807) is 6.26 Å². The van der Waals surface area contributed by atoms with Crippen LogP contribution >= 0.6 is 11.8 Å². The van der Waals surface area contributed by atoms with Crippen LogP contribution in [0.3, 0.4) is 0 Å². The molecular weight excluding hydrogens is 160 g/mol. The maximum atomic E-state index is 10.7. The minimum absolute atomic E-state index is 0.0590. The molecule has 0 aromatic carbocycles. The van der Waals surface area contributed by atoms with Gasteiger partial charge in [0.15, 0.2) is 0 Å². The summed E-state index contributed by atoms with van der Waals surface area (Å²) in [5.74, 6) is 0. The Kier molecular flexibility index (Phi) is 6.36. The molecule has 0 radical (unpaired) electrons. The van der Waals surface area contributed by atoms with E-state index < -0.39 is 0 Å². The van der Waals surface area contributed by atoms with Crippen LogP contribution in [0.25, 0.3) is 0 Å². The predicted octanol–water partition coefficient (Wildman–Crippen LogP) is 1.01. The molecule has 0 heterocycles. The van der Waals surface area contributed by atoms with Crippen LogP contribution in [0.4, 0.5) is 4.79 Å². The van der Waals surface area contributed by atoms with E-state index in [1.165, 1.54) is 11.8 Å². The monoisotopic (exact) mass is 176 g/mol. The maximum absolute atomic E-state index is 10.7. The van der Waals surface area contributed by atoms with E-state index in [-0.39, 0.29) is 5.24 Å². The summed E-state index contributed by atoms with van der Waals surface area (Å²) >= 11 is 1.22. The van der Waals surface area contributed by atoms with Gasteiger partial charge in [0.1, 0.15) is 0 Å². The van der Waals surface area contributed by atoms with Crippen molar-refractivity contribution in [2.24, 2.45) is 0 Å². The highest BCUT2D eigenvalue weighted by atomic mass is 32.2. The molecule has 4 heteroatoms. The standard InChI is InChI=1S/C7H16N2OS/c1-9(2)6-4-5-8-7(10)11-3/h4-6H2,1-3H3,(H,8,10). The van der Waals surface area contributed by atoms with E-state index in [0.29, 0.717) is 0 Å². The zero-order valence-corrected chi connectivity index (χ0v) is 8.20. The average Bonchev–Trinajstić information content (AvgIpc) is 1.97. The van der Waals surface area contributed by atoms with Crippen molar-refractivity contribution in [3.63, 3.8) is 0 Å². The Morgan fingerprint density at radius 1 is 1.55 bits per heavy atom. The second kappa shape index (κ2) is 6.49. The lowest BCUT2D eigenvalue weighted by Crippen LogP contribution is -2.23. The van der Waals surface area contributed by atoms with E-state index >= 15 is 0 Å².